The zero-order chi connectivity index (χ0) is 14.1. The van der Waals surface area contributed by atoms with Gasteiger partial charge in [-0.05, 0) is 24.1 Å². The molecule has 0 fully saturated rings. The lowest BCUT2D eigenvalue weighted by Crippen LogP contribution is -2.35. The smallest absolute Gasteiger partial charge is 0.177 e. The van der Waals surface area contributed by atoms with Gasteiger partial charge in [0.25, 0.3) is 0 Å². The Hall–Kier alpha value is -2.29. The fraction of sp³-hybridized carbons (Fsp3) is 0.235. The highest BCUT2D eigenvalue weighted by atomic mass is 16.5. The Morgan fingerprint density at radius 3 is 2.60 bits per heavy atom. The Bertz CT molecular complexity index is 634. The van der Waals surface area contributed by atoms with Crippen LogP contribution in [-0.2, 0) is 0 Å². The van der Waals surface area contributed by atoms with E-state index in [0.717, 1.165) is 12.0 Å². The van der Waals surface area contributed by atoms with Gasteiger partial charge in [-0.25, -0.2) is 0 Å². The molecule has 1 aliphatic heterocycles. The Balaban J connectivity index is 2.07. The number of ketones is 1. The summed E-state index contributed by atoms with van der Waals surface area (Å²) >= 11 is 0. The number of carbonyl (C=O) groups excluding carboxylic acids is 1. The van der Waals surface area contributed by atoms with E-state index in [1.54, 1.807) is 6.07 Å². The first-order valence-electron chi connectivity index (χ1n) is 6.79. The molecule has 1 heterocycles. The Kier molecular flexibility index (Phi) is 3.18. The average molecular weight is 268 g/mol. The lowest BCUT2D eigenvalue weighted by atomic mass is 9.83. The van der Waals surface area contributed by atoms with E-state index in [2.05, 4.69) is 0 Å². The van der Waals surface area contributed by atoms with Crippen molar-refractivity contribution in [3.63, 3.8) is 0 Å². The zero-order valence-electron chi connectivity index (χ0n) is 11.2. The van der Waals surface area contributed by atoms with Crippen LogP contribution in [0.1, 0.15) is 35.2 Å². The van der Waals surface area contributed by atoms with E-state index in [0.29, 0.717) is 11.3 Å². The number of carbonyl (C=O) groups is 1. The number of Topliss-reactive ketones (excluding diaryl/α,β-unsaturated/α-hetero) is 1. The predicted octanol–water partition coefficient (Wildman–Crippen LogP) is 3.53. The van der Waals surface area contributed by atoms with Crippen LogP contribution < -0.4 is 4.74 Å². The molecule has 0 spiro atoms. The van der Waals surface area contributed by atoms with Gasteiger partial charge in [0.05, 0.1) is 11.5 Å². The summed E-state index contributed by atoms with van der Waals surface area (Å²) in [6.07, 6.45) is 0.541. The van der Waals surface area contributed by atoms with Crippen LogP contribution >= 0.6 is 0 Å². The minimum Gasteiger partial charge on any atom is -0.508 e. The van der Waals surface area contributed by atoms with Crippen LogP contribution in [0.15, 0.2) is 48.5 Å². The fourth-order valence-electron chi connectivity index (χ4n) is 2.73. The molecule has 20 heavy (non-hydrogen) atoms. The number of hydrogen-bond acceptors (Lipinski definition) is 3. The standard InChI is InChI=1S/C17H16O3/c1-2-14-16(11-6-4-3-5-7-11)17(19)13-9-8-12(18)10-15(13)20-14/h3-10,14,16,18H,2H2,1H3. The van der Waals surface area contributed by atoms with Gasteiger partial charge in [-0.3, -0.25) is 4.79 Å². The van der Waals surface area contributed by atoms with E-state index in [1.807, 2.05) is 37.3 Å². The normalized spacial score (nSPS) is 21.1. The summed E-state index contributed by atoms with van der Waals surface area (Å²) in [7, 11) is 0. The third-order valence-corrected chi connectivity index (χ3v) is 3.72. The third kappa shape index (κ3) is 2.05. The first-order valence-corrected chi connectivity index (χ1v) is 6.79. The number of ether oxygens (including phenoxy) is 1. The molecule has 3 heteroatoms. The van der Waals surface area contributed by atoms with Crippen LogP contribution in [0.5, 0.6) is 11.5 Å². The molecule has 1 aliphatic rings. The molecule has 0 bridgehead atoms. The molecule has 0 saturated heterocycles. The van der Waals surface area contributed by atoms with Gasteiger partial charge in [0.2, 0.25) is 0 Å². The van der Waals surface area contributed by atoms with E-state index >= 15 is 0 Å². The van der Waals surface area contributed by atoms with Crippen molar-refractivity contribution in [2.24, 2.45) is 0 Å². The van der Waals surface area contributed by atoms with Gasteiger partial charge in [0.1, 0.15) is 17.6 Å². The zero-order valence-corrected chi connectivity index (χ0v) is 11.2. The largest absolute Gasteiger partial charge is 0.508 e. The molecule has 2 aromatic carbocycles. The van der Waals surface area contributed by atoms with Crippen LogP contribution in [0.3, 0.4) is 0 Å². The highest BCUT2D eigenvalue weighted by molar-refractivity contribution is 6.04. The minimum absolute atomic E-state index is 0.0595. The first kappa shape index (κ1) is 12.7. The summed E-state index contributed by atoms with van der Waals surface area (Å²) in [6, 6.07) is 14.4. The van der Waals surface area contributed by atoms with Crippen molar-refractivity contribution in [3.8, 4) is 11.5 Å². The number of phenols is 1. The summed E-state index contributed by atoms with van der Waals surface area (Å²) in [6.45, 7) is 2.00. The number of benzene rings is 2. The van der Waals surface area contributed by atoms with Crippen molar-refractivity contribution >= 4 is 5.78 Å². The van der Waals surface area contributed by atoms with Crippen LogP contribution in [0.25, 0.3) is 0 Å². The SMILES string of the molecule is CCC1Oc2cc(O)ccc2C(=O)C1c1ccccc1. The molecule has 0 saturated carbocycles. The van der Waals surface area contributed by atoms with Crippen molar-refractivity contribution < 1.29 is 14.6 Å². The van der Waals surface area contributed by atoms with Crippen molar-refractivity contribution in [1.29, 1.82) is 0 Å². The maximum absolute atomic E-state index is 12.7. The molecule has 0 aromatic heterocycles. The summed E-state index contributed by atoms with van der Waals surface area (Å²) in [5.41, 5.74) is 1.52. The summed E-state index contributed by atoms with van der Waals surface area (Å²) in [5, 5.41) is 9.53. The number of fused-ring (bicyclic) bond motifs is 1. The first-order chi connectivity index (χ1) is 9.70. The summed E-state index contributed by atoms with van der Waals surface area (Å²) in [4.78, 5) is 12.7. The van der Waals surface area contributed by atoms with Gasteiger partial charge in [-0.1, -0.05) is 37.3 Å². The third-order valence-electron chi connectivity index (χ3n) is 3.72. The second kappa shape index (κ2) is 5.00. The predicted molar refractivity (Wildman–Crippen MR) is 76.3 cm³/mol. The van der Waals surface area contributed by atoms with Crippen molar-refractivity contribution in [2.75, 3.05) is 0 Å². The van der Waals surface area contributed by atoms with E-state index in [9.17, 15) is 9.90 Å². The highest BCUT2D eigenvalue weighted by Crippen LogP contribution is 2.38. The van der Waals surface area contributed by atoms with E-state index in [1.165, 1.54) is 12.1 Å². The number of hydrogen-bond donors (Lipinski definition) is 1. The molecule has 2 unspecified atom stereocenters. The van der Waals surface area contributed by atoms with E-state index in [4.69, 9.17) is 4.74 Å². The number of phenolic OH excluding ortho intramolecular Hbond substituents is 1. The van der Waals surface area contributed by atoms with Gasteiger partial charge in [0, 0.05) is 6.07 Å². The van der Waals surface area contributed by atoms with Crippen molar-refractivity contribution in [2.45, 2.75) is 25.4 Å². The maximum atomic E-state index is 12.7. The number of aromatic hydroxyl groups is 1. The summed E-state index contributed by atoms with van der Waals surface area (Å²) < 4.78 is 5.92. The molecule has 0 radical (unpaired) electrons. The Morgan fingerprint density at radius 2 is 1.90 bits per heavy atom. The monoisotopic (exact) mass is 268 g/mol. The van der Waals surface area contributed by atoms with Crippen LogP contribution in [-0.4, -0.2) is 17.0 Å². The maximum Gasteiger partial charge on any atom is 0.177 e. The van der Waals surface area contributed by atoms with Gasteiger partial charge < -0.3 is 9.84 Å². The van der Waals surface area contributed by atoms with Crippen molar-refractivity contribution in [3.05, 3.63) is 59.7 Å². The molecule has 102 valence electrons. The van der Waals surface area contributed by atoms with Gasteiger partial charge in [0.15, 0.2) is 5.78 Å². The Morgan fingerprint density at radius 1 is 1.15 bits per heavy atom. The average Bonchev–Trinajstić information content (AvgIpc) is 2.47. The molecule has 0 amide bonds. The van der Waals surface area contributed by atoms with Crippen LogP contribution in [0.2, 0.25) is 0 Å². The Labute approximate surface area is 117 Å². The van der Waals surface area contributed by atoms with Crippen LogP contribution in [0, 0.1) is 0 Å². The van der Waals surface area contributed by atoms with Crippen LogP contribution in [0.4, 0.5) is 0 Å². The topological polar surface area (TPSA) is 46.5 Å². The second-order valence-corrected chi connectivity index (χ2v) is 5.00. The molecular formula is C17H16O3. The molecule has 2 atom stereocenters. The molecule has 0 aliphatic carbocycles. The highest BCUT2D eigenvalue weighted by Gasteiger charge is 2.37. The lowest BCUT2D eigenvalue weighted by molar-refractivity contribution is 0.0775. The second-order valence-electron chi connectivity index (χ2n) is 5.00. The van der Waals surface area contributed by atoms with Gasteiger partial charge in [-0.2, -0.15) is 0 Å². The quantitative estimate of drug-likeness (QED) is 0.906. The lowest BCUT2D eigenvalue weighted by Gasteiger charge is -2.32. The fourth-order valence-corrected chi connectivity index (χ4v) is 2.73. The summed E-state index contributed by atoms with van der Waals surface area (Å²) in [5.74, 6) is 0.376. The minimum atomic E-state index is -0.279. The van der Waals surface area contributed by atoms with Gasteiger partial charge in [-0.15, -0.1) is 0 Å². The van der Waals surface area contributed by atoms with Crippen molar-refractivity contribution in [1.82, 2.24) is 0 Å². The van der Waals surface area contributed by atoms with Gasteiger partial charge >= 0.3 is 0 Å². The number of rotatable bonds is 2. The molecule has 1 N–H and O–H groups in total. The molecule has 3 nitrogen and oxygen atoms in total. The molecule has 3 rings (SSSR count). The van der Waals surface area contributed by atoms with E-state index in [-0.39, 0.29) is 23.6 Å². The van der Waals surface area contributed by atoms with E-state index < -0.39 is 0 Å². The molecule has 2 aromatic rings. The molecular weight excluding hydrogens is 252 g/mol.